The van der Waals surface area contributed by atoms with E-state index in [-0.39, 0.29) is 12.5 Å². The lowest BCUT2D eigenvalue weighted by atomic mass is 9.84. The van der Waals surface area contributed by atoms with Crippen molar-refractivity contribution in [1.29, 1.82) is 0 Å². The van der Waals surface area contributed by atoms with Crippen LogP contribution in [-0.2, 0) is 0 Å². The van der Waals surface area contributed by atoms with E-state index in [2.05, 4.69) is 77.8 Å². The zero-order valence-corrected chi connectivity index (χ0v) is 14.3. The molecule has 4 aromatic carbocycles. The Morgan fingerprint density at radius 1 is 0.731 bits per heavy atom. The normalized spacial score (nSPS) is 12.8. The van der Waals surface area contributed by atoms with Gasteiger partial charge in [0.25, 0.3) is 0 Å². The van der Waals surface area contributed by atoms with E-state index in [1.807, 2.05) is 12.3 Å². The summed E-state index contributed by atoms with van der Waals surface area (Å²) in [4.78, 5) is 3.36. The number of aliphatic hydroxyl groups excluding tert-OH is 1. The Labute approximate surface area is 151 Å². The number of aliphatic hydroxyl groups is 1. The van der Waals surface area contributed by atoms with Gasteiger partial charge in [-0.3, -0.25) is 0 Å². The Kier molecular flexibility index (Phi) is 3.51. The fourth-order valence-electron chi connectivity index (χ4n) is 4.15. The molecule has 5 rings (SSSR count). The van der Waals surface area contributed by atoms with Gasteiger partial charge in [-0.2, -0.15) is 0 Å². The highest BCUT2D eigenvalue weighted by Crippen LogP contribution is 2.39. The van der Waals surface area contributed by atoms with Crippen LogP contribution in [0, 0.1) is 0 Å². The molecular weight excluding hydrogens is 318 g/mol. The van der Waals surface area contributed by atoms with Gasteiger partial charge in [0, 0.05) is 23.0 Å². The second-order valence-electron chi connectivity index (χ2n) is 6.76. The van der Waals surface area contributed by atoms with Gasteiger partial charge in [0.15, 0.2) is 0 Å². The molecule has 1 atom stereocenters. The summed E-state index contributed by atoms with van der Waals surface area (Å²) in [5.74, 6) is -0.0813. The molecule has 0 bridgehead atoms. The van der Waals surface area contributed by atoms with Crippen LogP contribution in [0.4, 0.5) is 0 Å². The van der Waals surface area contributed by atoms with Crippen molar-refractivity contribution in [2.45, 2.75) is 5.92 Å². The molecule has 1 aromatic heterocycles. The number of benzene rings is 4. The maximum absolute atomic E-state index is 10.4. The third-order valence-corrected chi connectivity index (χ3v) is 5.34. The van der Waals surface area contributed by atoms with Crippen molar-refractivity contribution in [3.8, 4) is 0 Å². The monoisotopic (exact) mass is 337 g/mol. The van der Waals surface area contributed by atoms with Crippen LogP contribution in [0.1, 0.15) is 17.0 Å². The Bertz CT molecular complexity index is 1180. The molecule has 0 fully saturated rings. The minimum atomic E-state index is -0.0813. The molecule has 0 aliphatic rings. The smallest absolute Gasteiger partial charge is 0.0541 e. The molecule has 5 aromatic rings. The van der Waals surface area contributed by atoms with E-state index in [4.69, 9.17) is 0 Å². The van der Waals surface area contributed by atoms with Crippen molar-refractivity contribution >= 4 is 32.4 Å². The average molecular weight is 337 g/mol. The molecule has 0 spiro atoms. The SMILES string of the molecule is OCC(c1c2ccccc2cc2ccccc12)c1c[nH]c2ccccc12. The Balaban J connectivity index is 1.88. The van der Waals surface area contributed by atoms with Crippen LogP contribution in [-0.4, -0.2) is 16.7 Å². The molecule has 0 saturated heterocycles. The standard InChI is InChI=1S/C24H19NO/c26-15-22(21-14-25-23-12-6-5-11-20(21)23)24-18-9-3-1-7-16(18)13-17-8-2-4-10-19(17)24/h1-14,22,25-26H,15H2. The zero-order valence-electron chi connectivity index (χ0n) is 14.3. The molecule has 1 heterocycles. The van der Waals surface area contributed by atoms with Crippen molar-refractivity contribution in [3.05, 3.63) is 96.2 Å². The largest absolute Gasteiger partial charge is 0.395 e. The molecule has 2 N–H and O–H groups in total. The van der Waals surface area contributed by atoms with Crippen molar-refractivity contribution in [1.82, 2.24) is 4.98 Å². The fraction of sp³-hybridized carbons (Fsp3) is 0.0833. The van der Waals surface area contributed by atoms with E-state index in [9.17, 15) is 5.11 Å². The molecule has 2 nitrogen and oxygen atoms in total. The lowest BCUT2D eigenvalue weighted by Crippen LogP contribution is -2.07. The van der Waals surface area contributed by atoms with Crippen molar-refractivity contribution in [3.63, 3.8) is 0 Å². The van der Waals surface area contributed by atoms with Gasteiger partial charge in [0.2, 0.25) is 0 Å². The number of aromatic nitrogens is 1. The Hall–Kier alpha value is -3.10. The highest BCUT2D eigenvalue weighted by atomic mass is 16.3. The highest BCUT2D eigenvalue weighted by Gasteiger charge is 2.21. The molecule has 0 saturated carbocycles. The van der Waals surface area contributed by atoms with Crippen molar-refractivity contribution in [2.75, 3.05) is 6.61 Å². The Morgan fingerprint density at radius 3 is 1.96 bits per heavy atom. The van der Waals surface area contributed by atoms with Gasteiger partial charge in [-0.05, 0) is 44.8 Å². The molecule has 0 radical (unpaired) electrons. The third kappa shape index (κ3) is 2.23. The molecular formula is C24H19NO. The van der Waals surface area contributed by atoms with Crippen LogP contribution in [0.2, 0.25) is 0 Å². The van der Waals surface area contributed by atoms with Gasteiger partial charge in [-0.15, -0.1) is 0 Å². The van der Waals surface area contributed by atoms with E-state index in [1.54, 1.807) is 0 Å². The predicted octanol–water partition coefficient (Wildman–Crippen LogP) is 5.60. The van der Waals surface area contributed by atoms with Gasteiger partial charge >= 0.3 is 0 Å². The lowest BCUT2D eigenvalue weighted by molar-refractivity contribution is 0.282. The van der Waals surface area contributed by atoms with Gasteiger partial charge in [0.1, 0.15) is 0 Å². The van der Waals surface area contributed by atoms with Gasteiger partial charge in [0.05, 0.1) is 6.61 Å². The number of hydrogen-bond acceptors (Lipinski definition) is 1. The number of H-pyrrole nitrogens is 1. The predicted molar refractivity (Wildman–Crippen MR) is 109 cm³/mol. The summed E-state index contributed by atoms with van der Waals surface area (Å²) < 4.78 is 0. The summed E-state index contributed by atoms with van der Waals surface area (Å²) in [7, 11) is 0. The second kappa shape index (κ2) is 6.01. The minimum Gasteiger partial charge on any atom is -0.395 e. The summed E-state index contributed by atoms with van der Waals surface area (Å²) in [6.07, 6.45) is 2.04. The number of hydrogen-bond donors (Lipinski definition) is 2. The maximum Gasteiger partial charge on any atom is 0.0541 e. The summed E-state index contributed by atoms with van der Waals surface area (Å²) >= 11 is 0. The fourth-order valence-corrected chi connectivity index (χ4v) is 4.15. The van der Waals surface area contributed by atoms with E-state index in [0.29, 0.717) is 0 Å². The van der Waals surface area contributed by atoms with Crippen LogP contribution >= 0.6 is 0 Å². The minimum absolute atomic E-state index is 0.0693. The summed E-state index contributed by atoms with van der Waals surface area (Å²) in [5, 5.41) is 16.4. The van der Waals surface area contributed by atoms with E-state index < -0.39 is 0 Å². The lowest BCUT2D eigenvalue weighted by Gasteiger charge is -2.20. The third-order valence-electron chi connectivity index (χ3n) is 5.34. The molecule has 0 aliphatic heterocycles. The first-order valence-corrected chi connectivity index (χ1v) is 8.94. The topological polar surface area (TPSA) is 36.0 Å². The summed E-state index contributed by atoms with van der Waals surface area (Å²) in [6.45, 7) is 0.0693. The quantitative estimate of drug-likeness (QED) is 0.413. The molecule has 0 aliphatic carbocycles. The first-order chi connectivity index (χ1) is 12.9. The second-order valence-corrected chi connectivity index (χ2v) is 6.76. The number of rotatable bonds is 3. The maximum atomic E-state index is 10.4. The number of nitrogens with one attached hydrogen (secondary N) is 1. The van der Waals surface area contributed by atoms with Gasteiger partial charge in [-0.1, -0.05) is 66.7 Å². The van der Waals surface area contributed by atoms with Crippen LogP contribution in [0.3, 0.4) is 0 Å². The highest BCUT2D eigenvalue weighted by molar-refractivity contribution is 6.03. The molecule has 0 amide bonds. The molecule has 2 heteroatoms. The van der Waals surface area contributed by atoms with Gasteiger partial charge in [-0.25, -0.2) is 0 Å². The number of aromatic amines is 1. The van der Waals surface area contributed by atoms with E-state index in [0.717, 1.165) is 11.1 Å². The number of para-hydroxylation sites is 1. The van der Waals surface area contributed by atoms with Crippen molar-refractivity contribution < 1.29 is 5.11 Å². The summed E-state index contributed by atoms with van der Waals surface area (Å²) in [5.41, 5.74) is 3.45. The zero-order chi connectivity index (χ0) is 17.5. The van der Waals surface area contributed by atoms with Gasteiger partial charge < -0.3 is 10.1 Å². The average Bonchev–Trinajstić information content (AvgIpc) is 3.12. The molecule has 1 unspecified atom stereocenters. The van der Waals surface area contributed by atoms with E-state index >= 15 is 0 Å². The number of fused-ring (bicyclic) bond motifs is 3. The van der Waals surface area contributed by atoms with Crippen LogP contribution in [0.5, 0.6) is 0 Å². The van der Waals surface area contributed by atoms with Crippen LogP contribution < -0.4 is 0 Å². The Morgan fingerprint density at radius 2 is 1.31 bits per heavy atom. The first kappa shape index (κ1) is 15.2. The van der Waals surface area contributed by atoms with Crippen LogP contribution in [0.25, 0.3) is 32.4 Å². The summed E-state index contributed by atoms with van der Waals surface area (Å²) in [6, 6.07) is 27.4. The van der Waals surface area contributed by atoms with Crippen LogP contribution in [0.15, 0.2) is 85.1 Å². The first-order valence-electron chi connectivity index (χ1n) is 8.94. The molecule has 26 heavy (non-hydrogen) atoms. The molecule has 126 valence electrons. The van der Waals surface area contributed by atoms with Crippen molar-refractivity contribution in [2.24, 2.45) is 0 Å². The van der Waals surface area contributed by atoms with E-state index in [1.165, 1.54) is 32.5 Å².